The van der Waals surface area contributed by atoms with Gasteiger partial charge in [0.25, 0.3) is 0 Å². The van der Waals surface area contributed by atoms with Gasteiger partial charge in [-0.15, -0.1) is 10.2 Å². The van der Waals surface area contributed by atoms with Crippen molar-refractivity contribution in [2.24, 2.45) is 11.7 Å². The van der Waals surface area contributed by atoms with E-state index in [1.807, 2.05) is 0 Å². The van der Waals surface area contributed by atoms with Crippen LogP contribution in [0.2, 0.25) is 0 Å². The first kappa shape index (κ1) is 12.5. The number of nitrogens with zero attached hydrogens (tertiary/aromatic N) is 3. The van der Waals surface area contributed by atoms with E-state index in [0.29, 0.717) is 6.54 Å². The van der Waals surface area contributed by atoms with Crippen LogP contribution in [0, 0.1) is 5.92 Å². The third kappa shape index (κ3) is 3.21. The molecule has 0 spiro atoms. The molecule has 1 rings (SSSR count). The fourth-order valence-electron chi connectivity index (χ4n) is 1.23. The Morgan fingerprint density at radius 2 is 2.13 bits per heavy atom. The van der Waals surface area contributed by atoms with Crippen molar-refractivity contribution in [2.75, 3.05) is 5.75 Å². The molecule has 0 saturated carbocycles. The summed E-state index contributed by atoms with van der Waals surface area (Å²) in [4.78, 5) is 0. The number of hydrogen-bond donors (Lipinski definition) is 1. The van der Waals surface area contributed by atoms with Crippen molar-refractivity contribution in [3.05, 3.63) is 5.82 Å². The molecule has 0 radical (unpaired) electrons. The Bertz CT molecular complexity index is 298. The van der Waals surface area contributed by atoms with E-state index in [1.165, 1.54) is 6.42 Å². The highest BCUT2D eigenvalue weighted by molar-refractivity contribution is 7.99. The molecular weight excluding hydrogens is 208 g/mol. The molecule has 86 valence electrons. The second-order valence-corrected chi connectivity index (χ2v) is 4.66. The second-order valence-electron chi connectivity index (χ2n) is 3.67. The number of thioether (sulfide) groups is 1. The van der Waals surface area contributed by atoms with Gasteiger partial charge in [-0.3, -0.25) is 0 Å². The van der Waals surface area contributed by atoms with Gasteiger partial charge in [0, 0.05) is 12.3 Å². The van der Waals surface area contributed by atoms with Crippen LogP contribution in [0.15, 0.2) is 5.16 Å². The molecule has 1 aromatic rings. The highest BCUT2D eigenvalue weighted by Gasteiger charge is 2.10. The average Bonchev–Trinajstić information content (AvgIpc) is 2.67. The molecule has 15 heavy (non-hydrogen) atoms. The lowest BCUT2D eigenvalue weighted by Crippen LogP contribution is -2.08. The highest BCUT2D eigenvalue weighted by Crippen LogP contribution is 2.20. The molecule has 4 nitrogen and oxygen atoms in total. The highest BCUT2D eigenvalue weighted by atomic mass is 32.2. The van der Waals surface area contributed by atoms with Gasteiger partial charge in [0.15, 0.2) is 5.16 Å². The Balaban J connectivity index is 2.64. The van der Waals surface area contributed by atoms with Crippen molar-refractivity contribution in [1.29, 1.82) is 0 Å². The molecule has 1 heterocycles. The zero-order valence-electron chi connectivity index (χ0n) is 9.73. The van der Waals surface area contributed by atoms with Crippen molar-refractivity contribution in [3.8, 4) is 0 Å². The first-order valence-electron chi connectivity index (χ1n) is 5.47. The minimum Gasteiger partial charge on any atom is -0.324 e. The predicted molar refractivity (Wildman–Crippen MR) is 63.8 cm³/mol. The summed E-state index contributed by atoms with van der Waals surface area (Å²) >= 11 is 1.77. The molecule has 0 aliphatic heterocycles. The Morgan fingerprint density at radius 1 is 1.40 bits per heavy atom. The maximum Gasteiger partial charge on any atom is 0.191 e. The molecule has 0 amide bonds. The van der Waals surface area contributed by atoms with Crippen molar-refractivity contribution in [2.45, 2.75) is 45.4 Å². The molecule has 5 heteroatoms. The van der Waals surface area contributed by atoms with Crippen LogP contribution in [0.5, 0.6) is 0 Å². The second kappa shape index (κ2) is 6.12. The Morgan fingerprint density at radius 3 is 2.67 bits per heavy atom. The van der Waals surface area contributed by atoms with Gasteiger partial charge in [0.1, 0.15) is 5.82 Å². The minimum atomic E-state index is 0.463. The topological polar surface area (TPSA) is 56.7 Å². The number of nitrogens with two attached hydrogens (primary N) is 1. The van der Waals surface area contributed by atoms with Crippen molar-refractivity contribution in [3.63, 3.8) is 0 Å². The molecule has 0 saturated heterocycles. The molecule has 2 N–H and O–H groups in total. The lowest BCUT2D eigenvalue weighted by Gasteiger charge is -2.08. The summed E-state index contributed by atoms with van der Waals surface area (Å²) in [6, 6.07) is 0. The lowest BCUT2D eigenvalue weighted by atomic mass is 10.2. The Labute approximate surface area is 95.6 Å². The number of hydrogen-bond acceptors (Lipinski definition) is 4. The number of aromatic nitrogens is 3. The van der Waals surface area contributed by atoms with E-state index in [2.05, 4.69) is 35.5 Å². The van der Waals surface area contributed by atoms with Crippen LogP contribution in [0.25, 0.3) is 0 Å². The third-order valence-corrected chi connectivity index (χ3v) is 3.78. The Kier molecular flexibility index (Phi) is 5.11. The van der Waals surface area contributed by atoms with Crippen LogP contribution >= 0.6 is 11.8 Å². The largest absolute Gasteiger partial charge is 0.324 e. The van der Waals surface area contributed by atoms with Gasteiger partial charge in [-0.1, -0.05) is 32.0 Å². The zero-order valence-corrected chi connectivity index (χ0v) is 10.5. The summed E-state index contributed by atoms with van der Waals surface area (Å²) in [7, 11) is 0. The molecule has 0 aliphatic carbocycles. The van der Waals surface area contributed by atoms with E-state index in [4.69, 9.17) is 5.73 Å². The lowest BCUT2D eigenvalue weighted by molar-refractivity contribution is 0.624. The van der Waals surface area contributed by atoms with Gasteiger partial charge >= 0.3 is 0 Å². The van der Waals surface area contributed by atoms with Crippen LogP contribution in [0.4, 0.5) is 0 Å². The molecule has 0 aliphatic rings. The standard InChI is InChI=1S/C10H20N4S/c1-4-8(3)7-15-10-13-12-9(6-11)14(10)5-2/h8H,4-7,11H2,1-3H3. The van der Waals surface area contributed by atoms with Gasteiger partial charge < -0.3 is 10.3 Å². The maximum absolute atomic E-state index is 5.59. The first-order chi connectivity index (χ1) is 7.22. The normalized spacial score (nSPS) is 13.1. The van der Waals surface area contributed by atoms with Crippen molar-refractivity contribution >= 4 is 11.8 Å². The summed E-state index contributed by atoms with van der Waals surface area (Å²) in [6.07, 6.45) is 1.21. The Hall–Kier alpha value is -0.550. The summed E-state index contributed by atoms with van der Waals surface area (Å²) in [5.41, 5.74) is 5.59. The SMILES string of the molecule is CCC(C)CSc1nnc(CN)n1CC. The van der Waals surface area contributed by atoms with Gasteiger partial charge in [-0.25, -0.2) is 0 Å². The third-order valence-electron chi connectivity index (χ3n) is 2.49. The van der Waals surface area contributed by atoms with E-state index in [1.54, 1.807) is 11.8 Å². The quantitative estimate of drug-likeness (QED) is 0.755. The van der Waals surface area contributed by atoms with E-state index in [-0.39, 0.29) is 0 Å². The van der Waals surface area contributed by atoms with Crippen LogP contribution in [-0.2, 0) is 13.1 Å². The maximum atomic E-state index is 5.59. The van der Waals surface area contributed by atoms with Gasteiger partial charge in [-0.05, 0) is 12.8 Å². The van der Waals surface area contributed by atoms with Gasteiger partial charge in [0.2, 0.25) is 0 Å². The molecule has 0 bridgehead atoms. The zero-order chi connectivity index (χ0) is 11.3. The summed E-state index contributed by atoms with van der Waals surface area (Å²) < 4.78 is 2.09. The average molecular weight is 228 g/mol. The van der Waals surface area contributed by atoms with Crippen molar-refractivity contribution in [1.82, 2.24) is 14.8 Å². The van der Waals surface area contributed by atoms with Crippen LogP contribution in [0.3, 0.4) is 0 Å². The minimum absolute atomic E-state index is 0.463. The monoisotopic (exact) mass is 228 g/mol. The molecule has 0 fully saturated rings. The molecular formula is C10H20N4S. The van der Waals surface area contributed by atoms with Crippen molar-refractivity contribution < 1.29 is 0 Å². The van der Waals surface area contributed by atoms with E-state index < -0.39 is 0 Å². The number of rotatable bonds is 6. The van der Waals surface area contributed by atoms with E-state index in [0.717, 1.165) is 29.2 Å². The molecule has 1 atom stereocenters. The van der Waals surface area contributed by atoms with Crippen LogP contribution < -0.4 is 5.73 Å². The molecule has 0 aromatic carbocycles. The fraction of sp³-hybridized carbons (Fsp3) is 0.800. The first-order valence-corrected chi connectivity index (χ1v) is 6.46. The smallest absolute Gasteiger partial charge is 0.191 e. The van der Waals surface area contributed by atoms with Crippen LogP contribution in [0.1, 0.15) is 33.0 Å². The van der Waals surface area contributed by atoms with Gasteiger partial charge in [0.05, 0.1) is 6.54 Å². The van der Waals surface area contributed by atoms with Gasteiger partial charge in [-0.2, -0.15) is 0 Å². The van der Waals surface area contributed by atoms with E-state index in [9.17, 15) is 0 Å². The molecule has 1 unspecified atom stereocenters. The predicted octanol–water partition coefficient (Wildman–Crippen LogP) is 1.89. The summed E-state index contributed by atoms with van der Waals surface area (Å²) in [6.45, 7) is 7.91. The van der Waals surface area contributed by atoms with E-state index >= 15 is 0 Å². The van der Waals surface area contributed by atoms with Crippen LogP contribution in [-0.4, -0.2) is 20.5 Å². The fourth-order valence-corrected chi connectivity index (χ4v) is 2.39. The molecule has 1 aromatic heterocycles. The summed E-state index contributed by atoms with van der Waals surface area (Å²) in [5.74, 6) is 2.70. The summed E-state index contributed by atoms with van der Waals surface area (Å²) in [5, 5.41) is 9.23.